The van der Waals surface area contributed by atoms with Crippen LogP contribution in [-0.4, -0.2) is 10.5 Å². The summed E-state index contributed by atoms with van der Waals surface area (Å²) in [5.74, 6) is -0.0496. The summed E-state index contributed by atoms with van der Waals surface area (Å²) in [5, 5.41) is 2.60. The molecule has 112 valence electrons. The Balaban J connectivity index is 1.77. The number of furan rings is 1. The number of aromatic nitrogens is 1. The lowest BCUT2D eigenvalue weighted by Gasteiger charge is -2.16. The molecule has 4 nitrogen and oxygen atoms in total. The molecule has 0 saturated heterocycles. The van der Waals surface area contributed by atoms with Crippen molar-refractivity contribution in [3.05, 3.63) is 78.8 Å². The van der Waals surface area contributed by atoms with Crippen LogP contribution in [0, 0.1) is 5.82 Å². The van der Waals surface area contributed by atoms with Crippen LogP contribution in [-0.2, 0) is 4.79 Å². The Labute approximate surface area is 127 Å². The third kappa shape index (κ3) is 3.09. The van der Waals surface area contributed by atoms with Gasteiger partial charge in [-0.3, -0.25) is 4.79 Å². The van der Waals surface area contributed by atoms with E-state index in [0.29, 0.717) is 5.76 Å². The van der Waals surface area contributed by atoms with E-state index in [1.54, 1.807) is 24.5 Å². The number of halogens is 1. The number of nitrogens with one attached hydrogen (secondary N) is 1. The molecule has 2 heterocycles. The van der Waals surface area contributed by atoms with Gasteiger partial charge in [-0.2, -0.15) is 0 Å². The van der Waals surface area contributed by atoms with Crippen LogP contribution in [0.2, 0.25) is 0 Å². The van der Waals surface area contributed by atoms with Gasteiger partial charge in [0.15, 0.2) is 0 Å². The van der Waals surface area contributed by atoms with E-state index >= 15 is 0 Å². The Hall–Kier alpha value is -2.82. The van der Waals surface area contributed by atoms with Crippen molar-refractivity contribution < 1.29 is 13.6 Å². The van der Waals surface area contributed by atoms with Crippen molar-refractivity contribution in [1.82, 2.24) is 4.57 Å². The number of carbonyl (C=O) groups is 1. The molecule has 1 amide bonds. The maximum absolute atomic E-state index is 13.6. The highest BCUT2D eigenvalue weighted by atomic mass is 19.1. The molecule has 1 aromatic carbocycles. The first-order chi connectivity index (χ1) is 10.7. The van der Waals surface area contributed by atoms with E-state index < -0.39 is 5.82 Å². The zero-order valence-corrected chi connectivity index (χ0v) is 11.8. The van der Waals surface area contributed by atoms with Crippen LogP contribution in [0.1, 0.15) is 18.2 Å². The van der Waals surface area contributed by atoms with Crippen molar-refractivity contribution in [1.29, 1.82) is 0 Å². The number of nitrogens with zero attached hydrogens (tertiary/aromatic N) is 1. The molecular formula is C17H15FN2O2. The fourth-order valence-electron chi connectivity index (χ4n) is 2.33. The van der Waals surface area contributed by atoms with Gasteiger partial charge in [0.25, 0.3) is 0 Å². The Morgan fingerprint density at radius 3 is 2.59 bits per heavy atom. The molecule has 0 radical (unpaired) electrons. The second-order valence-corrected chi connectivity index (χ2v) is 4.89. The Bertz CT molecular complexity index is 702. The number of hydrogen-bond acceptors (Lipinski definition) is 2. The maximum atomic E-state index is 13.6. The predicted molar refractivity (Wildman–Crippen MR) is 80.9 cm³/mol. The Morgan fingerprint density at radius 1 is 1.14 bits per heavy atom. The number of hydrogen-bond donors (Lipinski definition) is 1. The van der Waals surface area contributed by atoms with Gasteiger partial charge in [0, 0.05) is 12.4 Å². The summed E-state index contributed by atoms with van der Waals surface area (Å²) in [5.41, 5.74) is 0.179. The van der Waals surface area contributed by atoms with Crippen LogP contribution in [0.25, 0.3) is 0 Å². The van der Waals surface area contributed by atoms with Crippen molar-refractivity contribution in [2.45, 2.75) is 12.5 Å². The highest BCUT2D eigenvalue weighted by Crippen LogP contribution is 2.24. The number of anilines is 1. The predicted octanol–water partition coefficient (Wildman–Crippen LogP) is 3.84. The summed E-state index contributed by atoms with van der Waals surface area (Å²) in [6, 6.07) is 13.2. The first-order valence-electron chi connectivity index (χ1n) is 6.94. The highest BCUT2D eigenvalue weighted by Gasteiger charge is 2.20. The van der Waals surface area contributed by atoms with Gasteiger partial charge in [-0.25, -0.2) is 4.39 Å². The quantitative estimate of drug-likeness (QED) is 0.778. The zero-order chi connectivity index (χ0) is 15.4. The molecule has 22 heavy (non-hydrogen) atoms. The fraction of sp³-hybridized carbons (Fsp3) is 0.118. The monoisotopic (exact) mass is 298 g/mol. The highest BCUT2D eigenvalue weighted by molar-refractivity contribution is 5.91. The molecule has 0 aliphatic carbocycles. The summed E-state index contributed by atoms with van der Waals surface area (Å²) in [6.45, 7) is 0. The van der Waals surface area contributed by atoms with Gasteiger partial charge in [0.05, 0.1) is 24.4 Å². The average molecular weight is 298 g/mol. The van der Waals surface area contributed by atoms with E-state index in [0.717, 1.165) is 0 Å². The van der Waals surface area contributed by atoms with Crippen LogP contribution in [0.5, 0.6) is 0 Å². The second-order valence-electron chi connectivity index (χ2n) is 4.89. The average Bonchev–Trinajstić information content (AvgIpc) is 3.21. The molecule has 1 atom stereocenters. The topological polar surface area (TPSA) is 47.2 Å². The summed E-state index contributed by atoms with van der Waals surface area (Å²) >= 11 is 0. The molecule has 5 heteroatoms. The first-order valence-corrected chi connectivity index (χ1v) is 6.94. The Kier molecular flexibility index (Phi) is 4.05. The van der Waals surface area contributed by atoms with Crippen LogP contribution in [0.3, 0.4) is 0 Å². The van der Waals surface area contributed by atoms with Gasteiger partial charge < -0.3 is 14.3 Å². The lowest BCUT2D eigenvalue weighted by molar-refractivity contribution is -0.116. The summed E-state index contributed by atoms with van der Waals surface area (Å²) in [6.07, 6.45) is 5.45. The molecule has 0 spiro atoms. The van der Waals surface area contributed by atoms with E-state index in [1.807, 2.05) is 35.2 Å². The van der Waals surface area contributed by atoms with Crippen molar-refractivity contribution in [3.63, 3.8) is 0 Å². The van der Waals surface area contributed by atoms with Crippen LogP contribution >= 0.6 is 0 Å². The van der Waals surface area contributed by atoms with Crippen molar-refractivity contribution in [3.8, 4) is 0 Å². The van der Waals surface area contributed by atoms with E-state index in [2.05, 4.69) is 5.32 Å². The minimum Gasteiger partial charge on any atom is -0.467 e. The molecule has 0 fully saturated rings. The molecule has 0 aliphatic rings. The van der Waals surface area contributed by atoms with E-state index in [-0.39, 0.29) is 24.1 Å². The third-order valence-corrected chi connectivity index (χ3v) is 3.39. The number of carbonyl (C=O) groups excluding carboxylic acids is 1. The van der Waals surface area contributed by atoms with Crippen LogP contribution in [0.15, 0.2) is 71.6 Å². The third-order valence-electron chi connectivity index (χ3n) is 3.39. The van der Waals surface area contributed by atoms with Crippen LogP contribution < -0.4 is 5.32 Å². The van der Waals surface area contributed by atoms with E-state index in [1.165, 1.54) is 12.1 Å². The second kappa shape index (κ2) is 6.30. The van der Waals surface area contributed by atoms with Crippen molar-refractivity contribution in [2.24, 2.45) is 0 Å². The van der Waals surface area contributed by atoms with Gasteiger partial charge >= 0.3 is 0 Å². The summed E-state index contributed by atoms with van der Waals surface area (Å²) < 4.78 is 20.9. The standard InChI is InChI=1S/C17H15FN2O2/c18-13-6-1-2-7-14(13)19-17(21)12-15(16-8-5-11-22-16)20-9-3-4-10-20/h1-11,15H,12H2,(H,19,21)/t15-/m0/s1. The van der Waals surface area contributed by atoms with Gasteiger partial charge in [-0.1, -0.05) is 12.1 Å². The lowest BCUT2D eigenvalue weighted by Crippen LogP contribution is -2.19. The summed E-state index contributed by atoms with van der Waals surface area (Å²) in [4.78, 5) is 12.2. The molecule has 1 N–H and O–H groups in total. The SMILES string of the molecule is O=C(C[C@@H](c1ccco1)n1cccc1)Nc1ccccc1F. The maximum Gasteiger partial charge on any atom is 0.227 e. The van der Waals surface area contributed by atoms with Gasteiger partial charge in [-0.15, -0.1) is 0 Å². The van der Waals surface area contributed by atoms with E-state index in [9.17, 15) is 9.18 Å². The van der Waals surface area contributed by atoms with Gasteiger partial charge in [-0.05, 0) is 36.4 Å². The first kappa shape index (κ1) is 14.1. The zero-order valence-electron chi connectivity index (χ0n) is 11.8. The molecule has 0 aliphatic heterocycles. The van der Waals surface area contributed by atoms with E-state index in [4.69, 9.17) is 4.42 Å². The molecule has 0 saturated carbocycles. The normalized spacial score (nSPS) is 12.0. The molecule has 3 rings (SSSR count). The number of rotatable bonds is 5. The minimum absolute atomic E-state index is 0.149. The molecule has 2 aromatic heterocycles. The molecule has 0 bridgehead atoms. The van der Waals surface area contributed by atoms with Crippen molar-refractivity contribution >= 4 is 11.6 Å². The molecule has 3 aromatic rings. The molecule has 0 unspecified atom stereocenters. The van der Waals surface area contributed by atoms with Gasteiger partial charge in [0.1, 0.15) is 11.6 Å². The number of amides is 1. The lowest BCUT2D eigenvalue weighted by atomic mass is 10.1. The largest absolute Gasteiger partial charge is 0.467 e. The number of para-hydroxylation sites is 1. The van der Waals surface area contributed by atoms with Crippen LogP contribution in [0.4, 0.5) is 10.1 Å². The Morgan fingerprint density at radius 2 is 1.91 bits per heavy atom. The summed E-state index contributed by atoms with van der Waals surface area (Å²) in [7, 11) is 0. The smallest absolute Gasteiger partial charge is 0.227 e. The number of benzene rings is 1. The van der Waals surface area contributed by atoms with Gasteiger partial charge in [0.2, 0.25) is 5.91 Å². The molecular weight excluding hydrogens is 283 g/mol. The van der Waals surface area contributed by atoms with Crippen molar-refractivity contribution in [2.75, 3.05) is 5.32 Å². The minimum atomic E-state index is -0.452. The fourth-order valence-corrected chi connectivity index (χ4v) is 2.33.